The van der Waals surface area contributed by atoms with Crippen molar-refractivity contribution >= 4 is 34.2 Å². The first-order valence-electron chi connectivity index (χ1n) is 9.39. The summed E-state index contributed by atoms with van der Waals surface area (Å²) in [5, 5.41) is 14.0. The van der Waals surface area contributed by atoms with Gasteiger partial charge in [-0.3, -0.25) is 0 Å². The third kappa shape index (κ3) is 4.41. The van der Waals surface area contributed by atoms with Gasteiger partial charge in [0.15, 0.2) is 0 Å². The van der Waals surface area contributed by atoms with Crippen LogP contribution < -0.4 is 10.1 Å². The fraction of sp³-hybridized carbons (Fsp3) is 0.0870. The number of nitrogens with zero attached hydrogens (tertiary/aromatic N) is 2. The van der Waals surface area contributed by atoms with Gasteiger partial charge in [0.2, 0.25) is 5.88 Å². The average molecular weight is 438 g/mol. The SMILES string of the molecule is C[C@H](Nc1ncc(Cl)c2ccnc(Oc3cccc(F)c3)c12)c1ccc(C(=O)O)cc1. The smallest absolute Gasteiger partial charge is 0.335 e. The van der Waals surface area contributed by atoms with Crippen molar-refractivity contribution in [3.05, 3.63) is 89.0 Å². The Bertz CT molecular complexity index is 1260. The first-order chi connectivity index (χ1) is 14.9. The van der Waals surface area contributed by atoms with Crippen LogP contribution in [-0.4, -0.2) is 21.0 Å². The largest absolute Gasteiger partial charge is 0.478 e. The summed E-state index contributed by atoms with van der Waals surface area (Å²) >= 11 is 6.34. The number of pyridine rings is 2. The van der Waals surface area contributed by atoms with Gasteiger partial charge in [0.25, 0.3) is 0 Å². The minimum Gasteiger partial charge on any atom is -0.478 e. The summed E-state index contributed by atoms with van der Waals surface area (Å²) in [6.45, 7) is 1.92. The minimum atomic E-state index is -0.984. The summed E-state index contributed by atoms with van der Waals surface area (Å²) in [4.78, 5) is 19.8. The van der Waals surface area contributed by atoms with Gasteiger partial charge in [0, 0.05) is 29.9 Å². The third-order valence-electron chi connectivity index (χ3n) is 4.74. The standard InChI is InChI=1S/C23H17ClFN3O3/c1-13(14-5-7-15(8-6-14)23(29)30)28-21-20-18(19(24)12-27-21)9-10-26-22(20)31-17-4-2-3-16(25)11-17/h2-13H,1H3,(H,27,28)(H,29,30)/t13-/m0/s1. The van der Waals surface area contributed by atoms with Gasteiger partial charge in [0.05, 0.1) is 16.0 Å². The third-order valence-corrected chi connectivity index (χ3v) is 5.04. The lowest BCUT2D eigenvalue weighted by atomic mass is 10.1. The summed E-state index contributed by atoms with van der Waals surface area (Å²) in [6, 6.07) is 13.9. The van der Waals surface area contributed by atoms with Crippen molar-refractivity contribution in [2.75, 3.05) is 5.32 Å². The molecule has 0 bridgehead atoms. The second-order valence-corrected chi connectivity index (χ2v) is 7.25. The summed E-state index contributed by atoms with van der Waals surface area (Å²) in [5.74, 6) is -0.403. The first-order valence-corrected chi connectivity index (χ1v) is 9.76. The predicted molar refractivity (Wildman–Crippen MR) is 116 cm³/mol. The zero-order valence-corrected chi connectivity index (χ0v) is 17.1. The molecule has 0 radical (unpaired) electrons. The molecule has 0 saturated carbocycles. The number of benzene rings is 2. The number of ether oxygens (including phenoxy) is 1. The Kier molecular flexibility index (Phi) is 5.68. The Balaban J connectivity index is 1.71. The Morgan fingerprint density at radius 2 is 1.94 bits per heavy atom. The van der Waals surface area contributed by atoms with E-state index >= 15 is 0 Å². The fourth-order valence-electron chi connectivity index (χ4n) is 3.16. The van der Waals surface area contributed by atoms with Crippen molar-refractivity contribution in [3.8, 4) is 11.6 Å². The molecule has 2 aromatic carbocycles. The first kappa shape index (κ1) is 20.6. The second kappa shape index (κ2) is 8.57. The number of hydrogen-bond donors (Lipinski definition) is 2. The number of fused-ring (bicyclic) bond motifs is 1. The Hall–Kier alpha value is -3.71. The van der Waals surface area contributed by atoms with Crippen LogP contribution >= 0.6 is 11.6 Å². The molecule has 0 aliphatic carbocycles. The number of anilines is 1. The van der Waals surface area contributed by atoms with E-state index in [-0.39, 0.29) is 17.5 Å². The highest BCUT2D eigenvalue weighted by atomic mass is 35.5. The maximum atomic E-state index is 13.6. The summed E-state index contributed by atoms with van der Waals surface area (Å²) < 4.78 is 19.4. The van der Waals surface area contributed by atoms with Crippen molar-refractivity contribution in [2.24, 2.45) is 0 Å². The van der Waals surface area contributed by atoms with E-state index in [9.17, 15) is 9.18 Å². The number of aromatic carboxylic acids is 1. The molecule has 156 valence electrons. The Labute approximate surface area is 182 Å². The number of carbonyl (C=O) groups is 1. The van der Waals surface area contributed by atoms with Crippen LogP contribution in [0.3, 0.4) is 0 Å². The molecule has 1 atom stereocenters. The lowest BCUT2D eigenvalue weighted by Crippen LogP contribution is -2.09. The number of halogens is 2. The number of rotatable bonds is 6. The van der Waals surface area contributed by atoms with E-state index in [1.165, 1.54) is 18.3 Å². The number of aromatic nitrogens is 2. The highest BCUT2D eigenvalue weighted by molar-refractivity contribution is 6.36. The number of carboxylic acids is 1. The van der Waals surface area contributed by atoms with Crippen LogP contribution in [0.25, 0.3) is 10.8 Å². The van der Waals surface area contributed by atoms with Crippen LogP contribution in [-0.2, 0) is 0 Å². The lowest BCUT2D eigenvalue weighted by molar-refractivity contribution is 0.0697. The molecular formula is C23H17ClFN3O3. The molecule has 0 saturated heterocycles. The molecule has 31 heavy (non-hydrogen) atoms. The van der Waals surface area contributed by atoms with E-state index in [1.54, 1.807) is 48.7 Å². The van der Waals surface area contributed by atoms with E-state index in [1.807, 2.05) is 6.92 Å². The minimum absolute atomic E-state index is 0.207. The van der Waals surface area contributed by atoms with Gasteiger partial charge < -0.3 is 15.2 Å². The molecule has 0 fully saturated rings. The Morgan fingerprint density at radius 1 is 1.16 bits per heavy atom. The molecule has 2 heterocycles. The van der Waals surface area contributed by atoms with Crippen LogP contribution in [0.2, 0.25) is 5.02 Å². The van der Waals surface area contributed by atoms with Gasteiger partial charge in [-0.05, 0) is 42.8 Å². The van der Waals surface area contributed by atoms with Gasteiger partial charge >= 0.3 is 5.97 Å². The average Bonchev–Trinajstić information content (AvgIpc) is 2.76. The van der Waals surface area contributed by atoms with Crippen molar-refractivity contribution in [2.45, 2.75) is 13.0 Å². The van der Waals surface area contributed by atoms with Gasteiger partial charge in [0.1, 0.15) is 17.4 Å². The molecule has 4 rings (SSSR count). The Morgan fingerprint density at radius 3 is 2.65 bits per heavy atom. The van der Waals surface area contributed by atoms with Gasteiger partial charge in [-0.2, -0.15) is 0 Å². The molecule has 0 unspecified atom stereocenters. The topological polar surface area (TPSA) is 84.3 Å². The zero-order valence-electron chi connectivity index (χ0n) is 16.3. The van der Waals surface area contributed by atoms with Gasteiger partial charge in [-0.25, -0.2) is 19.2 Å². The van der Waals surface area contributed by atoms with Crippen molar-refractivity contribution in [3.63, 3.8) is 0 Å². The van der Waals surface area contributed by atoms with Crippen molar-refractivity contribution in [1.29, 1.82) is 0 Å². The maximum Gasteiger partial charge on any atom is 0.335 e. The van der Waals surface area contributed by atoms with Crippen molar-refractivity contribution in [1.82, 2.24) is 9.97 Å². The number of nitrogens with one attached hydrogen (secondary N) is 1. The molecule has 2 N–H and O–H groups in total. The second-order valence-electron chi connectivity index (χ2n) is 6.85. The molecule has 2 aromatic heterocycles. The van der Waals surface area contributed by atoms with Crippen LogP contribution in [0.15, 0.2) is 67.0 Å². The van der Waals surface area contributed by atoms with E-state index in [0.717, 1.165) is 5.56 Å². The lowest BCUT2D eigenvalue weighted by Gasteiger charge is -2.18. The van der Waals surface area contributed by atoms with Gasteiger partial charge in [-0.15, -0.1) is 0 Å². The summed E-state index contributed by atoms with van der Waals surface area (Å²) in [6.07, 6.45) is 3.08. The molecule has 0 aliphatic heterocycles. The maximum absolute atomic E-state index is 13.6. The molecule has 0 aliphatic rings. The van der Waals surface area contributed by atoms with Crippen LogP contribution in [0, 0.1) is 5.82 Å². The summed E-state index contributed by atoms with van der Waals surface area (Å²) in [5.41, 5.74) is 1.08. The molecule has 4 aromatic rings. The monoisotopic (exact) mass is 437 g/mol. The zero-order chi connectivity index (χ0) is 22.0. The molecule has 0 spiro atoms. The van der Waals surface area contributed by atoms with E-state index in [0.29, 0.717) is 27.4 Å². The number of hydrogen-bond acceptors (Lipinski definition) is 5. The van der Waals surface area contributed by atoms with Crippen LogP contribution in [0.4, 0.5) is 10.2 Å². The van der Waals surface area contributed by atoms with E-state index < -0.39 is 11.8 Å². The highest BCUT2D eigenvalue weighted by Crippen LogP contribution is 2.37. The normalized spacial score (nSPS) is 11.8. The number of carboxylic acid groups (broad SMARTS) is 1. The highest BCUT2D eigenvalue weighted by Gasteiger charge is 2.17. The van der Waals surface area contributed by atoms with Crippen LogP contribution in [0.1, 0.15) is 28.9 Å². The fourth-order valence-corrected chi connectivity index (χ4v) is 3.36. The van der Waals surface area contributed by atoms with E-state index in [2.05, 4.69) is 15.3 Å². The molecular weight excluding hydrogens is 421 g/mol. The predicted octanol–water partition coefficient (Wildman–Crippen LogP) is 6.09. The molecule has 6 nitrogen and oxygen atoms in total. The quantitative estimate of drug-likeness (QED) is 0.380. The van der Waals surface area contributed by atoms with Crippen LogP contribution in [0.5, 0.6) is 11.6 Å². The molecule has 8 heteroatoms. The van der Waals surface area contributed by atoms with Crippen molar-refractivity contribution < 1.29 is 19.0 Å². The summed E-state index contributed by atoms with van der Waals surface area (Å²) in [7, 11) is 0. The van der Waals surface area contributed by atoms with E-state index in [4.69, 9.17) is 21.4 Å². The molecule has 0 amide bonds. The van der Waals surface area contributed by atoms with Gasteiger partial charge in [-0.1, -0.05) is 29.8 Å².